The summed E-state index contributed by atoms with van der Waals surface area (Å²) < 4.78 is 0. The molecule has 104 valence electrons. The highest BCUT2D eigenvalue weighted by Gasteiger charge is 2.29. The summed E-state index contributed by atoms with van der Waals surface area (Å²) in [6.45, 7) is 7.40. The van der Waals surface area contributed by atoms with Gasteiger partial charge in [0.25, 0.3) is 11.6 Å². The van der Waals surface area contributed by atoms with Crippen LogP contribution in [0.25, 0.3) is 0 Å². The van der Waals surface area contributed by atoms with Gasteiger partial charge in [-0.1, -0.05) is 28.9 Å². The van der Waals surface area contributed by atoms with Crippen LogP contribution in [0.4, 0.5) is 5.69 Å². The lowest BCUT2D eigenvalue weighted by Gasteiger charge is -2.29. The van der Waals surface area contributed by atoms with E-state index in [4.69, 9.17) is 0 Å². The number of amides is 1. The number of hydrogen-bond acceptors (Lipinski definition) is 3. The maximum atomic E-state index is 12.2. The summed E-state index contributed by atoms with van der Waals surface area (Å²) in [5.74, 6) is -0.438. The largest absolute Gasteiger partial charge is 0.346 e. The predicted octanol–water partition coefficient (Wildman–Crippen LogP) is 3.20. The van der Waals surface area contributed by atoms with Crippen LogP contribution in [0.1, 0.15) is 36.7 Å². The Morgan fingerprint density at radius 3 is 2.53 bits per heavy atom. The number of alkyl halides is 1. The maximum Gasteiger partial charge on any atom is 0.282 e. The first-order chi connectivity index (χ1) is 8.65. The lowest BCUT2D eigenvalue weighted by molar-refractivity contribution is -0.385. The van der Waals surface area contributed by atoms with E-state index in [-0.39, 0.29) is 16.1 Å². The number of carbonyl (C=O) groups is 1. The van der Waals surface area contributed by atoms with Crippen molar-refractivity contribution >= 4 is 27.5 Å². The molecule has 0 aliphatic carbocycles. The molecule has 6 heteroatoms. The average molecular weight is 329 g/mol. The molecule has 1 unspecified atom stereocenters. The van der Waals surface area contributed by atoms with Crippen LogP contribution in [0, 0.1) is 17.0 Å². The molecule has 0 bridgehead atoms. The van der Waals surface area contributed by atoms with Gasteiger partial charge >= 0.3 is 0 Å². The molecule has 0 spiro atoms. The lowest BCUT2D eigenvalue weighted by Crippen LogP contribution is -2.48. The molecule has 0 saturated carbocycles. The van der Waals surface area contributed by atoms with E-state index >= 15 is 0 Å². The number of benzene rings is 1. The molecular weight excluding hydrogens is 312 g/mol. The van der Waals surface area contributed by atoms with E-state index < -0.39 is 16.4 Å². The zero-order chi connectivity index (χ0) is 14.8. The van der Waals surface area contributed by atoms with Gasteiger partial charge in [-0.2, -0.15) is 0 Å². The third kappa shape index (κ3) is 3.76. The first-order valence-electron chi connectivity index (χ1n) is 5.87. The highest BCUT2D eigenvalue weighted by molar-refractivity contribution is 9.09. The van der Waals surface area contributed by atoms with E-state index in [0.717, 1.165) is 5.56 Å². The number of halogens is 1. The van der Waals surface area contributed by atoms with E-state index in [1.54, 1.807) is 13.0 Å². The summed E-state index contributed by atoms with van der Waals surface area (Å²) in [7, 11) is 0. The van der Waals surface area contributed by atoms with Crippen molar-refractivity contribution in [2.45, 2.75) is 38.1 Å². The lowest BCUT2D eigenvalue weighted by atomic mass is 10.0. The molecule has 1 aromatic carbocycles. The summed E-state index contributed by atoms with van der Waals surface area (Å²) in [6.07, 6.45) is 0. The average Bonchev–Trinajstić information content (AvgIpc) is 2.27. The van der Waals surface area contributed by atoms with E-state index in [1.165, 1.54) is 12.1 Å². The van der Waals surface area contributed by atoms with Gasteiger partial charge in [0.1, 0.15) is 5.56 Å². The van der Waals surface area contributed by atoms with Crippen molar-refractivity contribution in [3.8, 4) is 0 Å². The number of aryl methyl sites for hydroxylation is 1. The second-order valence-electron chi connectivity index (χ2n) is 5.07. The van der Waals surface area contributed by atoms with Crippen LogP contribution in [-0.4, -0.2) is 21.2 Å². The molecule has 1 N–H and O–H groups in total. The molecule has 0 aliphatic rings. The summed E-state index contributed by atoms with van der Waals surface area (Å²) in [5, 5.41) is 13.8. The fourth-order valence-corrected chi connectivity index (χ4v) is 1.56. The summed E-state index contributed by atoms with van der Waals surface area (Å²) in [6, 6.07) is 4.50. The molecule has 0 saturated heterocycles. The molecule has 19 heavy (non-hydrogen) atoms. The van der Waals surface area contributed by atoms with Crippen molar-refractivity contribution in [3.05, 3.63) is 39.4 Å². The van der Waals surface area contributed by atoms with E-state index in [0.29, 0.717) is 0 Å². The summed E-state index contributed by atoms with van der Waals surface area (Å²) in [5.41, 5.74) is 0.210. The molecule has 0 heterocycles. The van der Waals surface area contributed by atoms with Crippen molar-refractivity contribution in [1.29, 1.82) is 0 Å². The number of carbonyl (C=O) groups excluding carboxylic acids is 1. The first kappa shape index (κ1) is 15.6. The van der Waals surface area contributed by atoms with Crippen LogP contribution in [0.15, 0.2) is 18.2 Å². The van der Waals surface area contributed by atoms with E-state index in [9.17, 15) is 14.9 Å². The van der Waals surface area contributed by atoms with Gasteiger partial charge in [-0.15, -0.1) is 0 Å². The van der Waals surface area contributed by atoms with Gasteiger partial charge in [0, 0.05) is 16.4 Å². The fourth-order valence-electron chi connectivity index (χ4n) is 1.45. The number of nitrogens with one attached hydrogen (secondary N) is 1. The Morgan fingerprint density at radius 1 is 1.47 bits per heavy atom. The minimum Gasteiger partial charge on any atom is -0.346 e. The van der Waals surface area contributed by atoms with Crippen LogP contribution in [-0.2, 0) is 0 Å². The normalized spacial score (nSPS) is 12.9. The van der Waals surface area contributed by atoms with Crippen molar-refractivity contribution < 1.29 is 9.72 Å². The molecular formula is C13H17BrN2O3. The fraction of sp³-hybridized carbons (Fsp3) is 0.462. The molecule has 0 radical (unpaired) electrons. The standard InChI is InChI=1S/C13H17BrN2O3/c1-8-5-6-11(16(18)19)10(7-8)12(17)15-13(3,4)9(2)14/h5-7,9H,1-4H3,(H,15,17). The Hall–Kier alpha value is -1.43. The van der Waals surface area contributed by atoms with E-state index in [2.05, 4.69) is 21.2 Å². The van der Waals surface area contributed by atoms with Gasteiger partial charge in [-0.05, 0) is 32.4 Å². The third-order valence-electron chi connectivity index (χ3n) is 3.02. The number of rotatable bonds is 4. The Kier molecular flexibility index (Phi) is 4.68. The van der Waals surface area contributed by atoms with Crippen LogP contribution >= 0.6 is 15.9 Å². The molecule has 1 aromatic rings. The second kappa shape index (κ2) is 5.69. The van der Waals surface area contributed by atoms with Crippen LogP contribution in [0.2, 0.25) is 0 Å². The zero-order valence-corrected chi connectivity index (χ0v) is 12.9. The zero-order valence-electron chi connectivity index (χ0n) is 11.4. The van der Waals surface area contributed by atoms with E-state index in [1.807, 2.05) is 20.8 Å². The van der Waals surface area contributed by atoms with Crippen molar-refractivity contribution in [2.75, 3.05) is 0 Å². The molecule has 1 amide bonds. The van der Waals surface area contributed by atoms with Crippen LogP contribution in [0.3, 0.4) is 0 Å². The van der Waals surface area contributed by atoms with Gasteiger partial charge in [0.15, 0.2) is 0 Å². The number of nitro groups is 1. The van der Waals surface area contributed by atoms with Crippen LogP contribution < -0.4 is 5.32 Å². The Bertz CT molecular complexity index is 513. The van der Waals surface area contributed by atoms with Crippen molar-refractivity contribution in [3.63, 3.8) is 0 Å². The summed E-state index contributed by atoms with van der Waals surface area (Å²) in [4.78, 5) is 22.7. The SMILES string of the molecule is Cc1ccc([N+](=O)[O-])c(C(=O)NC(C)(C)C(C)Br)c1. The highest BCUT2D eigenvalue weighted by atomic mass is 79.9. The summed E-state index contributed by atoms with van der Waals surface area (Å²) >= 11 is 3.41. The molecule has 0 aromatic heterocycles. The van der Waals surface area contributed by atoms with Gasteiger partial charge in [0.05, 0.1) is 4.92 Å². The smallest absolute Gasteiger partial charge is 0.282 e. The number of hydrogen-bond donors (Lipinski definition) is 1. The second-order valence-corrected chi connectivity index (χ2v) is 6.44. The van der Waals surface area contributed by atoms with Gasteiger partial charge in [0.2, 0.25) is 0 Å². The maximum absolute atomic E-state index is 12.2. The van der Waals surface area contributed by atoms with Crippen molar-refractivity contribution in [1.82, 2.24) is 5.32 Å². The van der Waals surface area contributed by atoms with Gasteiger partial charge < -0.3 is 5.32 Å². The van der Waals surface area contributed by atoms with Crippen LogP contribution in [0.5, 0.6) is 0 Å². The Labute approximate surface area is 120 Å². The minimum atomic E-state index is -0.543. The quantitative estimate of drug-likeness (QED) is 0.524. The number of nitrogens with zero attached hydrogens (tertiary/aromatic N) is 1. The van der Waals surface area contributed by atoms with Crippen molar-refractivity contribution in [2.24, 2.45) is 0 Å². The minimum absolute atomic E-state index is 0.0350. The highest BCUT2D eigenvalue weighted by Crippen LogP contribution is 2.22. The topological polar surface area (TPSA) is 72.2 Å². The monoisotopic (exact) mass is 328 g/mol. The predicted molar refractivity (Wildman–Crippen MR) is 77.8 cm³/mol. The molecule has 0 aliphatic heterocycles. The van der Waals surface area contributed by atoms with Gasteiger partial charge in [-0.3, -0.25) is 14.9 Å². The molecule has 5 nitrogen and oxygen atoms in total. The molecule has 1 atom stereocenters. The molecule has 1 rings (SSSR count). The first-order valence-corrected chi connectivity index (χ1v) is 6.78. The molecule has 0 fully saturated rings. The van der Waals surface area contributed by atoms with Gasteiger partial charge in [-0.25, -0.2) is 0 Å². The number of nitro benzene ring substituents is 1. The Balaban J connectivity index is 3.13. The Morgan fingerprint density at radius 2 is 2.05 bits per heavy atom. The third-order valence-corrected chi connectivity index (χ3v) is 4.17.